The third kappa shape index (κ3) is 1.91. The van der Waals surface area contributed by atoms with Gasteiger partial charge in [0.25, 0.3) is 0 Å². The predicted molar refractivity (Wildman–Crippen MR) is 41.5 cm³/mol. The normalized spacial score (nSPS) is 31.2. The van der Waals surface area contributed by atoms with Crippen molar-refractivity contribution >= 4 is 5.97 Å². The molecule has 4 nitrogen and oxygen atoms in total. The van der Waals surface area contributed by atoms with Crippen LogP contribution in [0.25, 0.3) is 0 Å². The topological polar surface area (TPSA) is 52.6 Å². The summed E-state index contributed by atoms with van der Waals surface area (Å²) in [5.41, 5.74) is 0. The van der Waals surface area contributed by atoms with Gasteiger partial charge in [-0.2, -0.15) is 0 Å². The molecule has 0 spiro atoms. The van der Waals surface area contributed by atoms with Crippen molar-refractivity contribution in [3.8, 4) is 0 Å². The van der Waals surface area contributed by atoms with Gasteiger partial charge in [-0.25, -0.2) is 0 Å². The number of nitrogens with one attached hydrogen (secondary N) is 1. The molecule has 0 aromatic heterocycles. The van der Waals surface area contributed by atoms with Crippen LogP contribution < -0.4 is 5.32 Å². The van der Waals surface area contributed by atoms with Crippen LogP contribution in [0.3, 0.4) is 0 Å². The van der Waals surface area contributed by atoms with Gasteiger partial charge in [0.05, 0.1) is 0 Å². The minimum atomic E-state index is -0.741. The first-order valence-electron chi connectivity index (χ1n) is 3.74. The fourth-order valence-electron chi connectivity index (χ4n) is 1.30. The molecule has 1 aliphatic rings. The Bertz CT molecular complexity index is 159. The number of carbonyl (C=O) groups is 1. The highest BCUT2D eigenvalue weighted by atomic mass is 16.4. The van der Waals surface area contributed by atoms with E-state index in [-0.39, 0.29) is 6.04 Å². The highest BCUT2D eigenvalue weighted by molar-refractivity contribution is 5.73. The summed E-state index contributed by atoms with van der Waals surface area (Å²) in [4.78, 5) is 12.5. The van der Waals surface area contributed by atoms with Crippen molar-refractivity contribution in [1.82, 2.24) is 10.2 Å². The second kappa shape index (κ2) is 3.19. The second-order valence-corrected chi connectivity index (χ2v) is 3.15. The first kappa shape index (κ1) is 8.49. The van der Waals surface area contributed by atoms with E-state index in [0.29, 0.717) is 12.5 Å². The Hall–Kier alpha value is -0.610. The summed E-state index contributed by atoms with van der Waals surface area (Å²) >= 11 is 0. The zero-order chi connectivity index (χ0) is 8.43. The molecular formula is C7H14N2O2. The van der Waals surface area contributed by atoms with Crippen LogP contribution in [-0.2, 0) is 4.79 Å². The average Bonchev–Trinajstić information content (AvgIpc) is 2.33. The predicted octanol–water partition coefficient (Wildman–Crippen LogP) is -0.637. The van der Waals surface area contributed by atoms with E-state index in [1.54, 1.807) is 0 Å². The average molecular weight is 158 g/mol. The number of carboxylic acids is 1. The van der Waals surface area contributed by atoms with Crippen molar-refractivity contribution in [1.29, 1.82) is 0 Å². The van der Waals surface area contributed by atoms with Gasteiger partial charge in [0.15, 0.2) is 0 Å². The maximum atomic E-state index is 10.5. The van der Waals surface area contributed by atoms with E-state index in [9.17, 15) is 4.79 Å². The van der Waals surface area contributed by atoms with Gasteiger partial charge in [0.1, 0.15) is 6.04 Å². The Morgan fingerprint density at radius 3 is 2.55 bits per heavy atom. The lowest BCUT2D eigenvalue weighted by atomic mass is 10.1. The molecule has 1 saturated heterocycles. The van der Waals surface area contributed by atoms with Gasteiger partial charge in [-0.15, -0.1) is 0 Å². The Labute approximate surface area is 66.2 Å². The lowest BCUT2D eigenvalue weighted by Crippen LogP contribution is -2.30. The standard InChI is InChI=1S/C7H14N2O2/c1-9(2)5-3-6(7(10)11)8-4-5/h5-6,8H,3-4H2,1-2H3,(H,10,11). The Kier molecular flexibility index (Phi) is 2.46. The molecule has 11 heavy (non-hydrogen) atoms. The number of hydrogen-bond acceptors (Lipinski definition) is 3. The third-order valence-electron chi connectivity index (χ3n) is 2.14. The quantitative estimate of drug-likeness (QED) is 0.561. The van der Waals surface area contributed by atoms with E-state index in [2.05, 4.69) is 10.2 Å². The summed E-state index contributed by atoms with van der Waals surface area (Å²) in [5.74, 6) is -0.741. The van der Waals surface area contributed by atoms with Crippen molar-refractivity contribution in [2.45, 2.75) is 18.5 Å². The number of carboxylic acid groups (broad SMARTS) is 1. The van der Waals surface area contributed by atoms with E-state index in [1.165, 1.54) is 0 Å². The zero-order valence-corrected chi connectivity index (χ0v) is 6.87. The Morgan fingerprint density at radius 2 is 2.27 bits per heavy atom. The minimum absolute atomic E-state index is 0.345. The molecule has 4 heteroatoms. The molecule has 0 amide bonds. The molecule has 0 bridgehead atoms. The molecule has 0 aromatic rings. The van der Waals surface area contributed by atoms with Gasteiger partial charge in [-0.1, -0.05) is 0 Å². The summed E-state index contributed by atoms with van der Waals surface area (Å²) in [6, 6.07) is 0.0264. The molecule has 64 valence electrons. The van der Waals surface area contributed by atoms with Gasteiger partial charge >= 0.3 is 5.97 Å². The monoisotopic (exact) mass is 158 g/mol. The van der Waals surface area contributed by atoms with Crippen molar-refractivity contribution < 1.29 is 9.90 Å². The first-order valence-corrected chi connectivity index (χ1v) is 3.74. The van der Waals surface area contributed by atoms with Crippen LogP contribution in [0.15, 0.2) is 0 Å². The van der Waals surface area contributed by atoms with Crippen molar-refractivity contribution in [2.75, 3.05) is 20.6 Å². The Balaban J connectivity index is 2.41. The molecule has 0 aliphatic carbocycles. The maximum absolute atomic E-state index is 10.5. The SMILES string of the molecule is CN(C)C1CNC(C(=O)O)C1. The van der Waals surface area contributed by atoms with Crippen LogP contribution in [0.5, 0.6) is 0 Å². The molecule has 1 fully saturated rings. The van der Waals surface area contributed by atoms with Crippen LogP contribution in [0.4, 0.5) is 0 Å². The summed E-state index contributed by atoms with van der Waals surface area (Å²) in [7, 11) is 3.94. The molecule has 2 N–H and O–H groups in total. The van der Waals surface area contributed by atoms with E-state index < -0.39 is 5.97 Å². The van der Waals surface area contributed by atoms with Crippen LogP contribution >= 0.6 is 0 Å². The van der Waals surface area contributed by atoms with Crippen LogP contribution in [0.2, 0.25) is 0 Å². The molecule has 0 radical (unpaired) electrons. The van der Waals surface area contributed by atoms with Crippen LogP contribution in [0.1, 0.15) is 6.42 Å². The number of likely N-dealkylation sites (N-methyl/N-ethyl adjacent to an activating group) is 1. The maximum Gasteiger partial charge on any atom is 0.320 e. The molecule has 1 aliphatic heterocycles. The van der Waals surface area contributed by atoms with Crippen molar-refractivity contribution in [3.63, 3.8) is 0 Å². The summed E-state index contributed by atoms with van der Waals surface area (Å²) in [6.07, 6.45) is 0.711. The number of nitrogens with zero attached hydrogens (tertiary/aromatic N) is 1. The molecule has 2 unspecified atom stereocenters. The minimum Gasteiger partial charge on any atom is -0.480 e. The Morgan fingerprint density at radius 1 is 1.64 bits per heavy atom. The van der Waals surface area contributed by atoms with E-state index in [4.69, 9.17) is 5.11 Å². The van der Waals surface area contributed by atoms with Gasteiger partial charge in [0, 0.05) is 12.6 Å². The highest BCUT2D eigenvalue weighted by Crippen LogP contribution is 2.10. The molecule has 2 atom stereocenters. The fourth-order valence-corrected chi connectivity index (χ4v) is 1.30. The summed E-state index contributed by atoms with van der Waals surface area (Å²) in [5, 5.41) is 11.6. The molecular weight excluding hydrogens is 144 g/mol. The summed E-state index contributed by atoms with van der Waals surface area (Å²) < 4.78 is 0. The van der Waals surface area contributed by atoms with Gasteiger partial charge in [0.2, 0.25) is 0 Å². The van der Waals surface area contributed by atoms with E-state index >= 15 is 0 Å². The molecule has 0 aromatic carbocycles. The smallest absolute Gasteiger partial charge is 0.320 e. The first-order chi connectivity index (χ1) is 5.11. The van der Waals surface area contributed by atoms with Crippen molar-refractivity contribution in [2.24, 2.45) is 0 Å². The van der Waals surface area contributed by atoms with Gasteiger partial charge < -0.3 is 15.3 Å². The molecule has 0 saturated carbocycles. The third-order valence-corrected chi connectivity index (χ3v) is 2.14. The lowest BCUT2D eigenvalue weighted by Gasteiger charge is -2.16. The van der Waals surface area contributed by atoms with Crippen molar-refractivity contribution in [3.05, 3.63) is 0 Å². The number of rotatable bonds is 2. The van der Waals surface area contributed by atoms with E-state index in [1.807, 2.05) is 14.1 Å². The lowest BCUT2D eigenvalue weighted by molar-refractivity contribution is -0.139. The van der Waals surface area contributed by atoms with Gasteiger partial charge in [-0.05, 0) is 20.5 Å². The van der Waals surface area contributed by atoms with Crippen LogP contribution in [0, 0.1) is 0 Å². The highest BCUT2D eigenvalue weighted by Gasteiger charge is 2.29. The number of aliphatic carboxylic acids is 1. The fraction of sp³-hybridized carbons (Fsp3) is 0.857. The zero-order valence-electron chi connectivity index (χ0n) is 6.87. The largest absolute Gasteiger partial charge is 0.480 e. The number of hydrogen-bond donors (Lipinski definition) is 2. The van der Waals surface area contributed by atoms with E-state index in [0.717, 1.165) is 6.54 Å². The molecule has 1 rings (SSSR count). The molecule has 1 heterocycles. The second-order valence-electron chi connectivity index (χ2n) is 3.15. The summed E-state index contributed by atoms with van der Waals surface area (Å²) in [6.45, 7) is 0.782. The van der Waals surface area contributed by atoms with Gasteiger partial charge in [-0.3, -0.25) is 4.79 Å². The van der Waals surface area contributed by atoms with Crippen LogP contribution in [-0.4, -0.2) is 48.7 Å².